The molecule has 0 aliphatic rings. The van der Waals surface area contributed by atoms with Crippen LogP contribution >= 0.6 is 0 Å². The first kappa shape index (κ1) is 22.6. The van der Waals surface area contributed by atoms with Gasteiger partial charge in [0.05, 0.1) is 23.2 Å². The zero-order chi connectivity index (χ0) is 23.0. The summed E-state index contributed by atoms with van der Waals surface area (Å²) in [5, 5.41) is 0.551. The van der Waals surface area contributed by atoms with E-state index in [4.69, 9.17) is 9.47 Å². The van der Waals surface area contributed by atoms with Crippen molar-refractivity contribution in [1.29, 1.82) is 0 Å². The number of halogens is 1. The fraction of sp³-hybridized carbons (Fsp3) is 0.318. The van der Waals surface area contributed by atoms with Gasteiger partial charge in [0.2, 0.25) is 10.0 Å². The Balaban J connectivity index is 1.87. The van der Waals surface area contributed by atoms with Crippen LogP contribution < -0.4 is 9.04 Å². The lowest BCUT2D eigenvalue weighted by Gasteiger charge is -2.21. The lowest BCUT2D eigenvalue weighted by atomic mass is 10.2. The monoisotopic (exact) mass is 448 g/mol. The van der Waals surface area contributed by atoms with Crippen LogP contribution in [0.15, 0.2) is 48.5 Å². The third-order valence-corrected chi connectivity index (χ3v) is 5.71. The molecule has 2 aromatic carbocycles. The van der Waals surface area contributed by atoms with Gasteiger partial charge in [0.25, 0.3) is 0 Å². The first-order valence-electron chi connectivity index (χ1n) is 9.55. The van der Waals surface area contributed by atoms with Gasteiger partial charge in [-0.05, 0) is 69.3 Å². The van der Waals surface area contributed by atoms with Gasteiger partial charge >= 0.3 is 6.09 Å². The van der Waals surface area contributed by atoms with Crippen LogP contribution in [0.2, 0.25) is 0 Å². The van der Waals surface area contributed by atoms with Crippen LogP contribution in [0.3, 0.4) is 0 Å². The van der Waals surface area contributed by atoms with Gasteiger partial charge in [0.1, 0.15) is 23.8 Å². The van der Waals surface area contributed by atoms with Gasteiger partial charge in [-0.3, -0.25) is 4.31 Å². The minimum atomic E-state index is -3.37. The van der Waals surface area contributed by atoms with Crippen LogP contribution in [0.1, 0.15) is 26.5 Å². The molecule has 0 atom stereocenters. The summed E-state index contributed by atoms with van der Waals surface area (Å²) >= 11 is 0. The van der Waals surface area contributed by atoms with Gasteiger partial charge in [-0.1, -0.05) is 0 Å². The highest BCUT2D eigenvalue weighted by Gasteiger charge is 2.22. The molecular formula is C22H25FN2O5S. The number of aromatic nitrogens is 1. The van der Waals surface area contributed by atoms with Gasteiger partial charge in [-0.25, -0.2) is 22.2 Å². The normalized spacial score (nSPS) is 12.1. The highest BCUT2D eigenvalue weighted by atomic mass is 32.2. The summed E-state index contributed by atoms with van der Waals surface area (Å²) in [4.78, 5) is 12.8. The number of carbonyl (C=O) groups is 1. The number of hydrogen-bond donors (Lipinski definition) is 0. The summed E-state index contributed by atoms with van der Waals surface area (Å²) in [6.45, 7) is 5.32. The van der Waals surface area contributed by atoms with E-state index in [1.807, 2.05) is 0 Å². The lowest BCUT2D eigenvalue weighted by Crippen LogP contribution is -2.28. The van der Waals surface area contributed by atoms with E-state index in [0.717, 1.165) is 10.6 Å². The molecule has 0 saturated carbocycles. The van der Waals surface area contributed by atoms with E-state index in [1.165, 1.54) is 29.8 Å². The van der Waals surface area contributed by atoms with E-state index in [9.17, 15) is 17.6 Å². The van der Waals surface area contributed by atoms with Gasteiger partial charge in [0.15, 0.2) is 0 Å². The van der Waals surface area contributed by atoms with Crippen LogP contribution in [0.5, 0.6) is 5.75 Å². The Hall–Kier alpha value is -3.07. The summed E-state index contributed by atoms with van der Waals surface area (Å²) in [5.74, 6) is 0.0738. The molecule has 0 spiro atoms. The molecule has 9 heteroatoms. The third-order valence-electron chi connectivity index (χ3n) is 4.50. The van der Waals surface area contributed by atoms with Crippen LogP contribution in [-0.2, 0) is 21.4 Å². The van der Waals surface area contributed by atoms with Gasteiger partial charge < -0.3 is 9.47 Å². The molecule has 3 aromatic rings. The molecule has 0 bridgehead atoms. The van der Waals surface area contributed by atoms with E-state index in [-0.39, 0.29) is 6.61 Å². The number of rotatable bonds is 5. The van der Waals surface area contributed by atoms with Crippen molar-refractivity contribution in [2.75, 3.05) is 17.6 Å². The number of carbonyl (C=O) groups excluding carboxylic acids is 1. The number of fused-ring (bicyclic) bond motifs is 1. The topological polar surface area (TPSA) is 77.8 Å². The van der Waals surface area contributed by atoms with E-state index in [1.54, 1.807) is 51.1 Å². The summed E-state index contributed by atoms with van der Waals surface area (Å²) in [7, 11) is -1.90. The maximum Gasteiger partial charge on any atom is 0.419 e. The van der Waals surface area contributed by atoms with Crippen molar-refractivity contribution in [3.63, 3.8) is 0 Å². The molecule has 166 valence electrons. The predicted octanol–water partition coefficient (Wildman–Crippen LogP) is 4.54. The number of sulfonamides is 1. The maximum absolute atomic E-state index is 13.7. The average molecular weight is 449 g/mol. The van der Waals surface area contributed by atoms with Crippen LogP contribution in [0, 0.1) is 5.82 Å². The zero-order valence-corrected chi connectivity index (χ0v) is 18.9. The van der Waals surface area contributed by atoms with Crippen molar-refractivity contribution in [3.05, 3.63) is 60.0 Å². The first-order chi connectivity index (χ1) is 14.3. The van der Waals surface area contributed by atoms with Crippen molar-refractivity contribution >= 4 is 32.7 Å². The number of anilines is 1. The molecule has 1 heterocycles. The molecule has 1 aromatic heterocycles. The zero-order valence-electron chi connectivity index (χ0n) is 18.0. The molecule has 0 aliphatic heterocycles. The number of nitrogens with zero attached hydrogens (tertiary/aromatic N) is 2. The third kappa shape index (κ3) is 5.35. The van der Waals surface area contributed by atoms with Gasteiger partial charge in [-0.15, -0.1) is 0 Å². The Labute approximate surface area is 181 Å². The second-order valence-electron chi connectivity index (χ2n) is 8.17. The molecule has 3 rings (SSSR count). The Morgan fingerprint density at radius 2 is 1.74 bits per heavy atom. The van der Waals surface area contributed by atoms with Gasteiger partial charge in [0, 0.05) is 12.4 Å². The number of benzene rings is 2. The lowest BCUT2D eigenvalue weighted by molar-refractivity contribution is 0.0535. The van der Waals surface area contributed by atoms with E-state index in [2.05, 4.69) is 0 Å². The smallest absolute Gasteiger partial charge is 0.419 e. The standard InChI is InChI=1S/C22H25FN2O5S/c1-22(2,3)30-21(26)25-18(13-15-12-16(23)6-11-20(15)25)14-29-19-9-7-17(8-10-19)24(4)31(5,27)28/h6-13H,14H2,1-5H3. The van der Waals surface area contributed by atoms with E-state index in [0.29, 0.717) is 28.0 Å². The second kappa shape index (κ2) is 8.22. The Morgan fingerprint density at radius 3 is 2.32 bits per heavy atom. The molecule has 0 fully saturated rings. The van der Waals surface area contributed by atoms with Crippen molar-refractivity contribution in [1.82, 2.24) is 4.57 Å². The molecule has 0 unspecified atom stereocenters. The molecule has 7 nitrogen and oxygen atoms in total. The average Bonchev–Trinajstić information content (AvgIpc) is 3.01. The molecule has 0 amide bonds. The second-order valence-corrected chi connectivity index (χ2v) is 10.2. The highest BCUT2D eigenvalue weighted by molar-refractivity contribution is 7.92. The minimum absolute atomic E-state index is 0.0246. The molecule has 0 N–H and O–H groups in total. The van der Waals surface area contributed by atoms with Crippen LogP contribution in [0.4, 0.5) is 14.9 Å². The Morgan fingerprint density at radius 1 is 1.10 bits per heavy atom. The maximum atomic E-state index is 13.7. The van der Waals surface area contributed by atoms with Crippen molar-refractivity contribution in [2.24, 2.45) is 0 Å². The summed E-state index contributed by atoms with van der Waals surface area (Å²) in [5.41, 5.74) is 0.799. The van der Waals surface area contributed by atoms with Crippen molar-refractivity contribution in [2.45, 2.75) is 33.0 Å². The number of ether oxygens (including phenoxy) is 2. The molecule has 0 aliphatic carbocycles. The quantitative estimate of drug-likeness (QED) is 0.573. The first-order valence-corrected chi connectivity index (χ1v) is 11.4. The minimum Gasteiger partial charge on any atom is -0.487 e. The fourth-order valence-corrected chi connectivity index (χ4v) is 3.48. The van der Waals surface area contributed by atoms with Gasteiger partial charge in [-0.2, -0.15) is 0 Å². The fourth-order valence-electron chi connectivity index (χ4n) is 2.97. The summed E-state index contributed by atoms with van der Waals surface area (Å²) in [6, 6.07) is 12.3. The molecule has 31 heavy (non-hydrogen) atoms. The summed E-state index contributed by atoms with van der Waals surface area (Å²) in [6.07, 6.45) is 0.535. The SMILES string of the molecule is CN(c1ccc(OCc2cc3cc(F)ccc3n2C(=O)OC(C)(C)C)cc1)S(C)(=O)=O. The molecule has 0 saturated heterocycles. The van der Waals surface area contributed by atoms with Crippen molar-refractivity contribution < 1.29 is 27.1 Å². The summed E-state index contributed by atoms with van der Waals surface area (Å²) < 4.78 is 50.8. The highest BCUT2D eigenvalue weighted by Crippen LogP contribution is 2.25. The predicted molar refractivity (Wildman–Crippen MR) is 118 cm³/mol. The van der Waals surface area contributed by atoms with E-state index < -0.39 is 27.5 Å². The van der Waals surface area contributed by atoms with Crippen molar-refractivity contribution in [3.8, 4) is 5.75 Å². The Bertz CT molecular complexity index is 1210. The van der Waals surface area contributed by atoms with Crippen LogP contribution in [-0.4, -0.2) is 38.0 Å². The molecular weight excluding hydrogens is 423 g/mol. The molecule has 0 radical (unpaired) electrons. The number of hydrogen-bond acceptors (Lipinski definition) is 5. The van der Waals surface area contributed by atoms with Crippen LogP contribution in [0.25, 0.3) is 10.9 Å². The van der Waals surface area contributed by atoms with E-state index >= 15 is 0 Å². The Kier molecular flexibility index (Phi) is 6.00. The largest absolute Gasteiger partial charge is 0.487 e.